The van der Waals surface area contributed by atoms with E-state index in [1.54, 1.807) is 6.33 Å². The molecule has 0 amide bonds. The van der Waals surface area contributed by atoms with Gasteiger partial charge in [-0.15, -0.1) is 0 Å². The van der Waals surface area contributed by atoms with Crippen molar-refractivity contribution in [2.75, 3.05) is 11.9 Å². The van der Waals surface area contributed by atoms with E-state index in [4.69, 9.17) is 10.5 Å². The number of aromatic nitrogens is 2. The molecule has 3 N–H and O–H groups in total. The molecule has 0 fully saturated rings. The van der Waals surface area contributed by atoms with Crippen LogP contribution in [0.25, 0.3) is 0 Å². The highest BCUT2D eigenvalue weighted by atomic mass is 16.5. The minimum absolute atomic E-state index is 0.439. The third kappa shape index (κ3) is 3.45. The third-order valence-electron chi connectivity index (χ3n) is 2.94. The maximum Gasteiger partial charge on any atom is 0.133 e. The summed E-state index contributed by atoms with van der Waals surface area (Å²) in [7, 11) is 0. The molecule has 1 aromatic heterocycles. The topological polar surface area (TPSA) is 73.1 Å². The lowest BCUT2D eigenvalue weighted by atomic mass is 10.1. The molecule has 5 heteroatoms. The molecule has 0 aliphatic carbocycles. The zero-order valence-electron chi connectivity index (χ0n) is 11.9. The van der Waals surface area contributed by atoms with E-state index in [0.29, 0.717) is 13.2 Å². The van der Waals surface area contributed by atoms with E-state index in [2.05, 4.69) is 22.2 Å². The van der Waals surface area contributed by atoms with Crippen LogP contribution in [0.4, 0.5) is 11.5 Å². The second kappa shape index (κ2) is 6.86. The Morgan fingerprint density at radius 2 is 2.05 bits per heavy atom. The van der Waals surface area contributed by atoms with Gasteiger partial charge in [-0.25, -0.2) is 9.97 Å². The van der Waals surface area contributed by atoms with Crippen molar-refractivity contribution in [1.82, 2.24) is 9.97 Å². The average molecular weight is 272 g/mol. The van der Waals surface area contributed by atoms with Gasteiger partial charge in [0.2, 0.25) is 0 Å². The number of aryl methyl sites for hydroxylation is 1. The number of hydrogen-bond acceptors (Lipinski definition) is 5. The van der Waals surface area contributed by atoms with Gasteiger partial charge in [0, 0.05) is 29.6 Å². The van der Waals surface area contributed by atoms with Crippen LogP contribution in [-0.4, -0.2) is 16.6 Å². The first kappa shape index (κ1) is 14.3. The van der Waals surface area contributed by atoms with Gasteiger partial charge in [0.25, 0.3) is 0 Å². The molecule has 0 saturated heterocycles. The molecule has 0 unspecified atom stereocenters. The highest BCUT2D eigenvalue weighted by molar-refractivity contribution is 5.59. The molecule has 0 radical (unpaired) electrons. The van der Waals surface area contributed by atoms with Gasteiger partial charge in [-0.2, -0.15) is 0 Å². The third-order valence-corrected chi connectivity index (χ3v) is 2.94. The van der Waals surface area contributed by atoms with Crippen LogP contribution < -0.4 is 15.8 Å². The molecule has 2 rings (SSSR count). The van der Waals surface area contributed by atoms with Gasteiger partial charge in [0.1, 0.15) is 17.9 Å². The van der Waals surface area contributed by atoms with E-state index in [9.17, 15) is 0 Å². The first-order valence-electron chi connectivity index (χ1n) is 6.80. The minimum Gasteiger partial charge on any atom is -0.494 e. The van der Waals surface area contributed by atoms with E-state index in [0.717, 1.165) is 34.9 Å². The largest absolute Gasteiger partial charge is 0.494 e. The minimum atomic E-state index is 0.439. The summed E-state index contributed by atoms with van der Waals surface area (Å²) in [5.41, 5.74) is 8.68. The van der Waals surface area contributed by atoms with Gasteiger partial charge in [-0.05, 0) is 31.5 Å². The summed E-state index contributed by atoms with van der Waals surface area (Å²) in [6.45, 7) is 5.09. The zero-order chi connectivity index (χ0) is 14.4. The van der Waals surface area contributed by atoms with Crippen LogP contribution in [-0.2, 0) is 13.0 Å². The second-order valence-corrected chi connectivity index (χ2v) is 4.33. The standard InChI is InChI=1S/C15H20N4O/c1-3-12-8-15(18-10-17-12)19-13-5-6-14(20-4-2)11(7-13)9-16/h5-8,10H,3-4,9,16H2,1-2H3,(H,17,18,19). The highest BCUT2D eigenvalue weighted by Gasteiger charge is 2.05. The van der Waals surface area contributed by atoms with Crippen molar-refractivity contribution in [3.8, 4) is 5.75 Å². The second-order valence-electron chi connectivity index (χ2n) is 4.33. The number of nitrogens with two attached hydrogens (primary N) is 1. The van der Waals surface area contributed by atoms with Crippen molar-refractivity contribution in [3.05, 3.63) is 41.9 Å². The van der Waals surface area contributed by atoms with E-state index in [1.807, 2.05) is 31.2 Å². The van der Waals surface area contributed by atoms with Crippen molar-refractivity contribution in [2.45, 2.75) is 26.8 Å². The van der Waals surface area contributed by atoms with Crippen LogP contribution in [0, 0.1) is 0 Å². The maximum absolute atomic E-state index is 5.76. The molecular formula is C15H20N4O. The molecule has 0 aliphatic rings. The Morgan fingerprint density at radius 1 is 1.20 bits per heavy atom. The molecule has 106 valence electrons. The molecule has 2 aromatic rings. The van der Waals surface area contributed by atoms with E-state index < -0.39 is 0 Å². The quantitative estimate of drug-likeness (QED) is 0.845. The normalized spacial score (nSPS) is 10.3. The summed E-state index contributed by atoms with van der Waals surface area (Å²) in [5, 5.41) is 3.26. The van der Waals surface area contributed by atoms with Crippen molar-refractivity contribution in [1.29, 1.82) is 0 Å². The Bertz CT molecular complexity index is 572. The number of anilines is 2. The molecule has 0 aliphatic heterocycles. The highest BCUT2D eigenvalue weighted by Crippen LogP contribution is 2.24. The lowest BCUT2D eigenvalue weighted by Crippen LogP contribution is -2.03. The van der Waals surface area contributed by atoms with E-state index in [1.165, 1.54) is 0 Å². The number of benzene rings is 1. The summed E-state index contributed by atoms with van der Waals surface area (Å²) in [5.74, 6) is 1.61. The number of hydrogen-bond donors (Lipinski definition) is 2. The summed E-state index contributed by atoms with van der Waals surface area (Å²) in [6, 6.07) is 7.81. The van der Waals surface area contributed by atoms with E-state index >= 15 is 0 Å². The lowest BCUT2D eigenvalue weighted by Gasteiger charge is -2.12. The molecule has 0 spiro atoms. The molecule has 0 saturated carbocycles. The molecule has 0 atom stereocenters. The van der Waals surface area contributed by atoms with Crippen LogP contribution in [0.15, 0.2) is 30.6 Å². The van der Waals surface area contributed by atoms with Gasteiger partial charge in [-0.3, -0.25) is 0 Å². The van der Waals surface area contributed by atoms with Crippen LogP contribution >= 0.6 is 0 Å². The summed E-state index contributed by atoms with van der Waals surface area (Å²) < 4.78 is 5.54. The number of rotatable bonds is 6. The summed E-state index contributed by atoms with van der Waals surface area (Å²) in [4.78, 5) is 8.39. The molecule has 1 heterocycles. The van der Waals surface area contributed by atoms with Gasteiger partial charge < -0.3 is 15.8 Å². The first-order valence-corrected chi connectivity index (χ1v) is 6.80. The molecule has 5 nitrogen and oxygen atoms in total. The van der Waals surface area contributed by atoms with Crippen LogP contribution in [0.2, 0.25) is 0 Å². The maximum atomic E-state index is 5.76. The predicted molar refractivity (Wildman–Crippen MR) is 80.2 cm³/mol. The monoisotopic (exact) mass is 272 g/mol. The summed E-state index contributed by atoms with van der Waals surface area (Å²) >= 11 is 0. The van der Waals surface area contributed by atoms with Crippen LogP contribution in [0.3, 0.4) is 0 Å². The Morgan fingerprint density at radius 3 is 2.75 bits per heavy atom. The summed E-state index contributed by atoms with van der Waals surface area (Å²) in [6.07, 6.45) is 2.45. The van der Waals surface area contributed by atoms with Gasteiger partial charge in [-0.1, -0.05) is 6.92 Å². The molecule has 1 aromatic carbocycles. The average Bonchev–Trinajstić information content (AvgIpc) is 2.49. The fraction of sp³-hybridized carbons (Fsp3) is 0.333. The Balaban J connectivity index is 2.20. The van der Waals surface area contributed by atoms with Crippen molar-refractivity contribution in [3.63, 3.8) is 0 Å². The predicted octanol–water partition coefficient (Wildman–Crippen LogP) is 2.64. The number of nitrogens with one attached hydrogen (secondary N) is 1. The van der Waals surface area contributed by atoms with Crippen molar-refractivity contribution < 1.29 is 4.74 Å². The fourth-order valence-corrected chi connectivity index (χ4v) is 1.92. The SMILES string of the molecule is CCOc1ccc(Nc2cc(CC)ncn2)cc1CN. The van der Waals surface area contributed by atoms with Gasteiger partial charge in [0.15, 0.2) is 0 Å². The molecular weight excluding hydrogens is 252 g/mol. The number of nitrogens with zero attached hydrogens (tertiary/aromatic N) is 2. The lowest BCUT2D eigenvalue weighted by molar-refractivity contribution is 0.336. The van der Waals surface area contributed by atoms with Gasteiger partial charge >= 0.3 is 0 Å². The van der Waals surface area contributed by atoms with Gasteiger partial charge in [0.05, 0.1) is 6.61 Å². The Hall–Kier alpha value is -2.14. The number of ether oxygens (including phenoxy) is 1. The van der Waals surface area contributed by atoms with Crippen molar-refractivity contribution >= 4 is 11.5 Å². The Labute approximate surface area is 119 Å². The first-order chi connectivity index (χ1) is 9.76. The van der Waals surface area contributed by atoms with E-state index in [-0.39, 0.29) is 0 Å². The Kier molecular flexibility index (Phi) is 4.90. The zero-order valence-corrected chi connectivity index (χ0v) is 11.9. The fourth-order valence-electron chi connectivity index (χ4n) is 1.92. The van der Waals surface area contributed by atoms with Crippen LogP contribution in [0.5, 0.6) is 5.75 Å². The smallest absolute Gasteiger partial charge is 0.133 e. The van der Waals surface area contributed by atoms with Crippen LogP contribution in [0.1, 0.15) is 25.1 Å². The molecule has 20 heavy (non-hydrogen) atoms. The molecule has 0 bridgehead atoms. The van der Waals surface area contributed by atoms with Crippen molar-refractivity contribution in [2.24, 2.45) is 5.73 Å².